The van der Waals surface area contributed by atoms with Gasteiger partial charge in [-0.05, 0) is 45.8 Å². The quantitative estimate of drug-likeness (QED) is 0.452. The number of benzene rings is 3. The molecule has 3 aromatic carbocycles. The maximum Gasteiger partial charge on any atom is 0.251 e. The van der Waals surface area contributed by atoms with Crippen LogP contribution in [-0.2, 0) is 11.3 Å². The normalized spacial score (nSPS) is 14.9. The van der Waals surface area contributed by atoms with Gasteiger partial charge >= 0.3 is 0 Å². The first-order valence-electron chi connectivity index (χ1n) is 10.7. The number of anilines is 1. The first-order chi connectivity index (χ1) is 16.6. The second kappa shape index (κ2) is 9.44. The number of hydrogen-bond acceptors (Lipinski definition) is 5. The highest BCUT2D eigenvalue weighted by Gasteiger charge is 2.31. The molecule has 2 heterocycles. The maximum absolute atomic E-state index is 14.0. The Labute approximate surface area is 200 Å². The van der Waals surface area contributed by atoms with Crippen molar-refractivity contribution in [2.24, 2.45) is 0 Å². The molecule has 170 valence electrons. The van der Waals surface area contributed by atoms with Crippen molar-refractivity contribution in [1.82, 2.24) is 25.5 Å². The van der Waals surface area contributed by atoms with Crippen molar-refractivity contribution >= 4 is 29.2 Å². The summed E-state index contributed by atoms with van der Waals surface area (Å²) in [6.07, 6.45) is 2.02. The van der Waals surface area contributed by atoms with Crippen molar-refractivity contribution in [1.29, 1.82) is 0 Å². The van der Waals surface area contributed by atoms with Crippen LogP contribution < -0.4 is 10.2 Å². The van der Waals surface area contributed by atoms with Crippen LogP contribution in [0.4, 0.5) is 10.3 Å². The third-order valence-electron chi connectivity index (χ3n) is 5.60. The Morgan fingerprint density at radius 2 is 1.74 bits per heavy atom. The minimum atomic E-state index is -0.361. The molecule has 1 atom stereocenters. The van der Waals surface area contributed by atoms with E-state index in [4.69, 9.17) is 11.6 Å². The van der Waals surface area contributed by atoms with Gasteiger partial charge in [0.05, 0.1) is 5.70 Å². The molecule has 0 fully saturated rings. The molecule has 9 heteroatoms. The van der Waals surface area contributed by atoms with Crippen LogP contribution in [0.5, 0.6) is 0 Å². The number of halogens is 2. The van der Waals surface area contributed by atoms with Crippen molar-refractivity contribution in [3.05, 3.63) is 112 Å². The average Bonchev–Trinajstić information content (AvgIpc) is 3.35. The van der Waals surface area contributed by atoms with Gasteiger partial charge in [0.1, 0.15) is 18.4 Å². The number of hydrogen-bond donors (Lipinski definition) is 1. The fourth-order valence-corrected chi connectivity index (χ4v) is 4.04. The number of rotatable bonds is 6. The summed E-state index contributed by atoms with van der Waals surface area (Å²) in [7, 11) is 0. The molecule has 1 aliphatic rings. The first kappa shape index (κ1) is 21.8. The fraction of sp³-hybridized carbons (Fsp3) is 0.120. The molecule has 1 unspecified atom stereocenters. The maximum atomic E-state index is 14.0. The number of fused-ring (bicyclic) bond motifs is 1. The van der Waals surface area contributed by atoms with E-state index in [0.717, 1.165) is 16.8 Å². The Balaban J connectivity index is 1.47. The van der Waals surface area contributed by atoms with Crippen LogP contribution in [0, 0.1) is 5.82 Å². The largest absolute Gasteiger partial charge is 0.350 e. The summed E-state index contributed by atoms with van der Waals surface area (Å²) < 4.78 is 15.6. The molecule has 1 amide bonds. The van der Waals surface area contributed by atoms with Crippen LogP contribution in [0.1, 0.15) is 22.7 Å². The lowest BCUT2D eigenvalue weighted by Gasteiger charge is -2.32. The van der Waals surface area contributed by atoms with E-state index in [2.05, 4.69) is 20.8 Å². The van der Waals surface area contributed by atoms with Gasteiger partial charge in [-0.1, -0.05) is 77.4 Å². The predicted molar refractivity (Wildman–Crippen MR) is 127 cm³/mol. The molecule has 0 bridgehead atoms. The van der Waals surface area contributed by atoms with Crippen molar-refractivity contribution in [3.63, 3.8) is 0 Å². The third kappa shape index (κ3) is 4.40. The minimum absolute atomic E-state index is 0.0388. The molecule has 1 N–H and O–H groups in total. The summed E-state index contributed by atoms with van der Waals surface area (Å²) in [6.45, 7) is 0.0466. The number of nitrogens with one attached hydrogen (secondary N) is 1. The standard InChI is InChI=1S/C25H20ClFN6O/c26-20-12-10-18(11-13-20)23-14-22(17-6-2-1-3-7-17)32(25-29-30-31-33(23)25)16-24(34)28-15-19-8-4-5-9-21(19)27/h1-14,23H,15-16H2,(H,28,34). The highest BCUT2D eigenvalue weighted by Crippen LogP contribution is 2.36. The molecule has 7 nitrogen and oxygen atoms in total. The van der Waals surface area contributed by atoms with Gasteiger partial charge in [0.2, 0.25) is 5.91 Å². The average molecular weight is 475 g/mol. The molecular formula is C25H20ClFN6O. The molecule has 0 aliphatic carbocycles. The lowest BCUT2D eigenvalue weighted by molar-refractivity contribution is -0.119. The van der Waals surface area contributed by atoms with E-state index < -0.39 is 0 Å². The zero-order valence-electron chi connectivity index (χ0n) is 18.0. The van der Waals surface area contributed by atoms with Gasteiger partial charge in [0.25, 0.3) is 5.95 Å². The zero-order valence-corrected chi connectivity index (χ0v) is 18.7. The molecule has 1 aliphatic heterocycles. The SMILES string of the molecule is O=C(CN1C(c2ccccc2)=CC(c2ccc(Cl)cc2)n2nnnc21)NCc1ccccc1F. The van der Waals surface area contributed by atoms with Crippen LogP contribution in [-0.4, -0.2) is 32.7 Å². The molecule has 34 heavy (non-hydrogen) atoms. The van der Waals surface area contributed by atoms with Crippen molar-refractivity contribution in [3.8, 4) is 0 Å². The van der Waals surface area contributed by atoms with Crippen molar-refractivity contribution in [2.75, 3.05) is 11.4 Å². The van der Waals surface area contributed by atoms with Gasteiger partial charge in [-0.15, -0.1) is 0 Å². The summed E-state index contributed by atoms with van der Waals surface area (Å²) >= 11 is 6.08. The zero-order chi connectivity index (χ0) is 23.5. The monoisotopic (exact) mass is 474 g/mol. The molecule has 0 saturated carbocycles. The fourth-order valence-electron chi connectivity index (χ4n) is 3.91. The second-order valence-corrected chi connectivity index (χ2v) is 8.23. The molecule has 0 spiro atoms. The Kier molecular flexibility index (Phi) is 6.05. The Hall–Kier alpha value is -4.04. The van der Waals surface area contributed by atoms with Gasteiger partial charge in [0.15, 0.2) is 0 Å². The second-order valence-electron chi connectivity index (χ2n) is 7.79. The number of nitrogens with zero attached hydrogens (tertiary/aromatic N) is 5. The van der Waals surface area contributed by atoms with Gasteiger partial charge in [-0.3, -0.25) is 9.69 Å². The van der Waals surface area contributed by atoms with E-state index in [1.165, 1.54) is 6.07 Å². The summed E-state index contributed by atoms with van der Waals surface area (Å²) in [5, 5.41) is 15.7. The van der Waals surface area contributed by atoms with Crippen LogP contribution >= 0.6 is 11.6 Å². The van der Waals surface area contributed by atoms with E-state index >= 15 is 0 Å². The van der Waals surface area contributed by atoms with E-state index in [9.17, 15) is 9.18 Å². The third-order valence-corrected chi connectivity index (χ3v) is 5.86. The minimum Gasteiger partial charge on any atom is -0.350 e. The highest BCUT2D eigenvalue weighted by molar-refractivity contribution is 6.30. The van der Waals surface area contributed by atoms with Crippen LogP contribution in [0.15, 0.2) is 84.9 Å². The lowest BCUT2D eigenvalue weighted by atomic mass is 10.0. The van der Waals surface area contributed by atoms with Gasteiger partial charge < -0.3 is 5.32 Å². The molecular weight excluding hydrogens is 455 g/mol. The van der Waals surface area contributed by atoms with E-state index in [-0.39, 0.29) is 30.9 Å². The molecule has 5 rings (SSSR count). The Morgan fingerprint density at radius 1 is 1.00 bits per heavy atom. The van der Waals surface area contributed by atoms with E-state index in [1.54, 1.807) is 27.8 Å². The van der Waals surface area contributed by atoms with Gasteiger partial charge in [-0.2, -0.15) is 4.68 Å². The van der Waals surface area contributed by atoms with Crippen LogP contribution in [0.25, 0.3) is 5.70 Å². The molecule has 0 saturated heterocycles. The Bertz CT molecular complexity index is 1340. The van der Waals surface area contributed by atoms with Crippen LogP contribution in [0.2, 0.25) is 5.02 Å². The molecule has 0 radical (unpaired) electrons. The topological polar surface area (TPSA) is 75.9 Å². The Morgan fingerprint density at radius 3 is 2.50 bits per heavy atom. The van der Waals surface area contributed by atoms with Gasteiger partial charge in [0, 0.05) is 17.1 Å². The summed E-state index contributed by atoms with van der Waals surface area (Å²) in [6, 6.07) is 23.3. The van der Waals surface area contributed by atoms with Crippen LogP contribution in [0.3, 0.4) is 0 Å². The number of aromatic nitrogens is 4. The molecule has 1 aromatic heterocycles. The number of tetrazole rings is 1. The number of amides is 1. The summed E-state index contributed by atoms with van der Waals surface area (Å²) in [5.74, 6) is -0.215. The van der Waals surface area contributed by atoms with E-state index in [1.807, 2.05) is 60.7 Å². The van der Waals surface area contributed by atoms with Gasteiger partial charge in [-0.25, -0.2) is 4.39 Å². The smallest absolute Gasteiger partial charge is 0.251 e. The number of allylic oxidation sites excluding steroid dienone is 1. The summed E-state index contributed by atoms with van der Waals surface area (Å²) in [5.41, 5.74) is 3.08. The van der Waals surface area contributed by atoms with E-state index in [0.29, 0.717) is 16.5 Å². The molecule has 4 aromatic rings. The highest BCUT2D eigenvalue weighted by atomic mass is 35.5. The first-order valence-corrected chi connectivity index (χ1v) is 11.1. The number of carbonyl (C=O) groups excluding carboxylic acids is 1. The predicted octanol–water partition coefficient (Wildman–Crippen LogP) is 4.23. The lowest BCUT2D eigenvalue weighted by Crippen LogP contribution is -2.40. The summed E-state index contributed by atoms with van der Waals surface area (Å²) in [4.78, 5) is 14.7. The number of carbonyl (C=O) groups is 1. The van der Waals surface area contributed by atoms with Crippen molar-refractivity contribution < 1.29 is 9.18 Å². The van der Waals surface area contributed by atoms with Crippen molar-refractivity contribution in [2.45, 2.75) is 12.6 Å².